The fourth-order valence-electron chi connectivity index (χ4n) is 3.61. The Morgan fingerprint density at radius 2 is 2.00 bits per heavy atom. The predicted octanol–water partition coefficient (Wildman–Crippen LogP) is 4.17. The standard InChI is InChI=1S/C22H22FN5O4S2/c1-2-9-28-19-8-7-15(34(30,31)27-10-12-32-13-11-27)14-16(19)20(21(28)29)25-26-22(33)24-18-6-4-3-5-17(18)23/h2-8,14,29H,1,9-13H2,(H,24,33). The summed E-state index contributed by atoms with van der Waals surface area (Å²) in [6.07, 6.45) is 1.59. The van der Waals surface area contributed by atoms with E-state index in [4.69, 9.17) is 17.0 Å². The highest BCUT2D eigenvalue weighted by atomic mass is 32.2. The molecule has 1 aliphatic rings. The molecule has 1 saturated heterocycles. The van der Waals surface area contributed by atoms with Gasteiger partial charge in [0, 0.05) is 25.0 Å². The summed E-state index contributed by atoms with van der Waals surface area (Å²) in [6, 6.07) is 10.5. The first-order valence-electron chi connectivity index (χ1n) is 10.3. The Morgan fingerprint density at radius 3 is 2.71 bits per heavy atom. The molecule has 0 spiro atoms. The first kappa shape index (κ1) is 24.0. The van der Waals surface area contributed by atoms with E-state index in [0.717, 1.165) is 0 Å². The number of fused-ring (bicyclic) bond motifs is 1. The number of thiocarbonyl (C=S) groups is 1. The number of nitrogens with zero attached hydrogens (tertiary/aromatic N) is 4. The zero-order chi connectivity index (χ0) is 24.3. The lowest BCUT2D eigenvalue weighted by atomic mass is 10.2. The molecule has 1 aromatic heterocycles. The van der Waals surface area contributed by atoms with Crippen molar-refractivity contribution in [1.29, 1.82) is 0 Å². The Balaban J connectivity index is 1.72. The molecular weight excluding hydrogens is 481 g/mol. The van der Waals surface area contributed by atoms with Gasteiger partial charge in [-0.25, -0.2) is 12.8 Å². The molecule has 9 nitrogen and oxygen atoms in total. The largest absolute Gasteiger partial charge is 0.493 e. The molecule has 0 saturated carbocycles. The van der Waals surface area contributed by atoms with Crippen LogP contribution < -0.4 is 5.32 Å². The zero-order valence-corrected chi connectivity index (χ0v) is 19.6. The molecule has 1 aliphatic heterocycles. The number of hydrogen-bond donors (Lipinski definition) is 2. The summed E-state index contributed by atoms with van der Waals surface area (Å²) in [5.74, 6) is -0.739. The minimum atomic E-state index is -3.77. The van der Waals surface area contributed by atoms with E-state index in [1.807, 2.05) is 0 Å². The summed E-state index contributed by atoms with van der Waals surface area (Å²) in [4.78, 5) is 0.0566. The molecule has 0 bridgehead atoms. The van der Waals surface area contributed by atoms with Crippen molar-refractivity contribution in [2.75, 3.05) is 31.6 Å². The fraction of sp³-hybridized carbons (Fsp3) is 0.227. The van der Waals surface area contributed by atoms with Gasteiger partial charge in [0.1, 0.15) is 5.82 Å². The van der Waals surface area contributed by atoms with Crippen molar-refractivity contribution >= 4 is 49.6 Å². The number of azo groups is 1. The lowest BCUT2D eigenvalue weighted by Crippen LogP contribution is -2.40. The second-order valence-corrected chi connectivity index (χ2v) is 9.70. The molecule has 34 heavy (non-hydrogen) atoms. The number of aromatic nitrogens is 1. The van der Waals surface area contributed by atoms with Gasteiger partial charge < -0.3 is 19.7 Å². The highest BCUT2D eigenvalue weighted by Gasteiger charge is 2.28. The number of para-hydroxylation sites is 1. The second kappa shape index (κ2) is 9.97. The van der Waals surface area contributed by atoms with Crippen LogP contribution in [-0.2, 0) is 21.3 Å². The number of halogens is 1. The van der Waals surface area contributed by atoms with Gasteiger partial charge in [-0.05, 0) is 42.5 Å². The molecule has 0 unspecified atom stereocenters. The van der Waals surface area contributed by atoms with Crippen LogP contribution in [0.3, 0.4) is 0 Å². The van der Waals surface area contributed by atoms with Crippen molar-refractivity contribution < 1.29 is 22.7 Å². The number of hydrogen-bond acceptors (Lipinski definition) is 6. The SMILES string of the molecule is C=CCn1c(O)c(N=NC(=S)Nc2ccccc2F)c2cc(S(=O)(=O)N3CCOCC3)ccc21. The second-order valence-electron chi connectivity index (χ2n) is 7.38. The highest BCUT2D eigenvalue weighted by molar-refractivity contribution is 7.89. The summed E-state index contributed by atoms with van der Waals surface area (Å²) in [5, 5.41) is 21.6. The Kier molecular flexibility index (Phi) is 7.03. The van der Waals surface area contributed by atoms with Crippen molar-refractivity contribution in [3.63, 3.8) is 0 Å². The highest BCUT2D eigenvalue weighted by Crippen LogP contribution is 2.40. The van der Waals surface area contributed by atoms with Gasteiger partial charge in [0.05, 0.1) is 29.3 Å². The van der Waals surface area contributed by atoms with Crippen LogP contribution in [-0.4, -0.2) is 53.8 Å². The molecule has 3 aromatic rings. The minimum absolute atomic E-state index is 0.0357. The number of rotatable bonds is 6. The van der Waals surface area contributed by atoms with Gasteiger partial charge in [-0.2, -0.15) is 4.31 Å². The Bertz CT molecular complexity index is 1380. The van der Waals surface area contributed by atoms with E-state index in [1.54, 1.807) is 24.3 Å². The molecule has 1 fully saturated rings. The number of benzene rings is 2. The Labute approximate surface area is 201 Å². The van der Waals surface area contributed by atoms with Gasteiger partial charge in [0.25, 0.3) is 0 Å². The molecule has 0 atom stereocenters. The van der Waals surface area contributed by atoms with Crippen LogP contribution in [0.5, 0.6) is 5.88 Å². The number of ether oxygens (including phenoxy) is 1. The number of anilines is 1. The lowest BCUT2D eigenvalue weighted by Gasteiger charge is -2.26. The molecule has 12 heteroatoms. The summed E-state index contributed by atoms with van der Waals surface area (Å²) in [6.45, 7) is 5.11. The molecule has 4 rings (SSSR count). The summed E-state index contributed by atoms with van der Waals surface area (Å²) < 4.78 is 48.2. The molecule has 0 aliphatic carbocycles. The normalized spacial score (nSPS) is 15.1. The minimum Gasteiger partial charge on any atom is -0.493 e. The molecule has 2 aromatic carbocycles. The van der Waals surface area contributed by atoms with Crippen molar-refractivity contribution in [2.45, 2.75) is 11.4 Å². The van der Waals surface area contributed by atoms with Crippen molar-refractivity contribution in [3.8, 4) is 5.88 Å². The molecular formula is C22H22FN5O4S2. The molecule has 2 N–H and O–H groups in total. The zero-order valence-electron chi connectivity index (χ0n) is 18.0. The third-order valence-corrected chi connectivity index (χ3v) is 7.34. The van der Waals surface area contributed by atoms with E-state index in [1.165, 1.54) is 33.1 Å². The maximum absolute atomic E-state index is 13.9. The van der Waals surface area contributed by atoms with Crippen LogP contribution in [0.1, 0.15) is 0 Å². The number of morpholine rings is 1. The van der Waals surface area contributed by atoms with Gasteiger partial charge in [0.2, 0.25) is 21.0 Å². The van der Waals surface area contributed by atoms with Crippen LogP contribution in [0.25, 0.3) is 10.9 Å². The average molecular weight is 504 g/mol. The first-order chi connectivity index (χ1) is 16.3. The van der Waals surface area contributed by atoms with E-state index >= 15 is 0 Å². The van der Waals surface area contributed by atoms with Crippen LogP contribution >= 0.6 is 12.2 Å². The molecule has 0 radical (unpaired) electrons. The number of allylic oxidation sites excluding steroid dienone is 1. The van der Waals surface area contributed by atoms with Crippen molar-refractivity contribution in [2.24, 2.45) is 10.2 Å². The third kappa shape index (κ3) is 4.71. The number of nitrogens with one attached hydrogen (secondary N) is 1. The summed E-state index contributed by atoms with van der Waals surface area (Å²) in [7, 11) is -3.77. The van der Waals surface area contributed by atoms with Crippen LogP contribution in [0.15, 0.2) is 70.2 Å². The van der Waals surface area contributed by atoms with Gasteiger partial charge in [0.15, 0.2) is 5.69 Å². The van der Waals surface area contributed by atoms with Gasteiger partial charge >= 0.3 is 0 Å². The summed E-state index contributed by atoms with van der Waals surface area (Å²) in [5.41, 5.74) is 0.706. The quantitative estimate of drug-likeness (QED) is 0.297. The van der Waals surface area contributed by atoms with Crippen LogP contribution in [0, 0.1) is 5.82 Å². The smallest absolute Gasteiger partial charge is 0.243 e. The van der Waals surface area contributed by atoms with E-state index in [2.05, 4.69) is 22.1 Å². The van der Waals surface area contributed by atoms with Gasteiger partial charge in [-0.15, -0.1) is 16.8 Å². The number of aromatic hydroxyl groups is 1. The lowest BCUT2D eigenvalue weighted by molar-refractivity contribution is 0.0730. The van der Waals surface area contributed by atoms with Crippen LogP contribution in [0.4, 0.5) is 15.8 Å². The molecule has 2 heterocycles. The van der Waals surface area contributed by atoms with E-state index in [0.29, 0.717) is 24.1 Å². The monoisotopic (exact) mass is 503 g/mol. The van der Waals surface area contributed by atoms with E-state index in [9.17, 15) is 17.9 Å². The Hall–Kier alpha value is -3.19. The third-order valence-electron chi connectivity index (χ3n) is 5.26. The average Bonchev–Trinajstić information content (AvgIpc) is 3.10. The summed E-state index contributed by atoms with van der Waals surface area (Å²) >= 11 is 5.13. The molecule has 0 amide bonds. The molecule has 178 valence electrons. The van der Waals surface area contributed by atoms with E-state index < -0.39 is 15.8 Å². The topological polar surface area (TPSA) is 109 Å². The van der Waals surface area contributed by atoms with Crippen molar-refractivity contribution in [3.05, 3.63) is 60.9 Å². The van der Waals surface area contributed by atoms with E-state index in [-0.39, 0.29) is 46.9 Å². The van der Waals surface area contributed by atoms with Crippen LogP contribution in [0.2, 0.25) is 0 Å². The first-order valence-corrected chi connectivity index (χ1v) is 12.2. The van der Waals surface area contributed by atoms with Crippen molar-refractivity contribution in [1.82, 2.24) is 8.87 Å². The van der Waals surface area contributed by atoms with Gasteiger partial charge in [-0.1, -0.05) is 18.2 Å². The number of sulfonamides is 1. The van der Waals surface area contributed by atoms with Gasteiger partial charge in [-0.3, -0.25) is 0 Å². The predicted molar refractivity (Wildman–Crippen MR) is 131 cm³/mol. The maximum atomic E-state index is 13.9. The fourth-order valence-corrected chi connectivity index (χ4v) is 5.20. The maximum Gasteiger partial charge on any atom is 0.243 e. The Morgan fingerprint density at radius 1 is 1.26 bits per heavy atom.